The Morgan fingerprint density at radius 3 is 2.44 bits per heavy atom. The normalized spacial score (nSPS) is 19.9. The first kappa shape index (κ1) is 20.5. The molecule has 1 unspecified atom stereocenters. The van der Waals surface area contributed by atoms with Crippen LogP contribution in [0.3, 0.4) is 0 Å². The van der Waals surface area contributed by atoms with Gasteiger partial charge in [0.05, 0.1) is 17.2 Å². The number of benzene rings is 1. The SMILES string of the molecule is CCCC1(C(=O)Nc2ccc(C#N)c(C(F)(F)F)c2)CC(C(F)(F)F)=NN1. The average molecular weight is 392 g/mol. The Kier molecular flexibility index (Phi) is 5.40. The highest BCUT2D eigenvalue weighted by Crippen LogP contribution is 2.35. The van der Waals surface area contributed by atoms with Crippen molar-refractivity contribution in [3.63, 3.8) is 0 Å². The quantitative estimate of drug-likeness (QED) is 0.762. The first-order chi connectivity index (χ1) is 12.4. The molecule has 0 aromatic heterocycles. The van der Waals surface area contributed by atoms with Gasteiger partial charge in [0, 0.05) is 12.1 Å². The molecule has 1 atom stereocenters. The minimum absolute atomic E-state index is 0.00960. The summed E-state index contributed by atoms with van der Waals surface area (Å²) in [5.74, 6) is -0.940. The Hall–Kier alpha value is -2.77. The van der Waals surface area contributed by atoms with Crippen LogP contribution >= 0.6 is 0 Å². The van der Waals surface area contributed by atoms with E-state index in [0.29, 0.717) is 12.5 Å². The Bertz CT molecular complexity index is 809. The fraction of sp³-hybridized carbons (Fsp3) is 0.438. The van der Waals surface area contributed by atoms with Crippen LogP contribution in [0.4, 0.5) is 32.0 Å². The molecule has 0 aliphatic carbocycles. The third-order valence-corrected chi connectivity index (χ3v) is 4.02. The Balaban J connectivity index is 2.29. The number of halogens is 6. The van der Waals surface area contributed by atoms with Gasteiger partial charge < -0.3 is 5.32 Å². The van der Waals surface area contributed by atoms with E-state index in [9.17, 15) is 31.1 Å². The monoisotopic (exact) mass is 392 g/mol. The molecule has 0 spiro atoms. The van der Waals surface area contributed by atoms with Crippen molar-refractivity contribution in [2.75, 3.05) is 5.32 Å². The van der Waals surface area contributed by atoms with Gasteiger partial charge in [-0.05, 0) is 24.6 Å². The molecule has 146 valence electrons. The lowest BCUT2D eigenvalue weighted by Gasteiger charge is -2.27. The molecule has 0 bridgehead atoms. The van der Waals surface area contributed by atoms with Gasteiger partial charge in [0.25, 0.3) is 5.91 Å². The van der Waals surface area contributed by atoms with Crippen LogP contribution in [0, 0.1) is 11.3 Å². The first-order valence-corrected chi connectivity index (χ1v) is 7.76. The summed E-state index contributed by atoms with van der Waals surface area (Å²) in [5, 5.41) is 14.2. The molecule has 0 saturated heterocycles. The van der Waals surface area contributed by atoms with Gasteiger partial charge in [-0.15, -0.1) is 0 Å². The molecular formula is C16H14F6N4O. The molecule has 1 aliphatic rings. The maximum Gasteiger partial charge on any atom is 0.431 e. The molecule has 1 aromatic carbocycles. The van der Waals surface area contributed by atoms with E-state index in [1.54, 1.807) is 6.92 Å². The second-order valence-corrected chi connectivity index (χ2v) is 6.00. The van der Waals surface area contributed by atoms with Crippen molar-refractivity contribution in [2.45, 2.75) is 44.1 Å². The topological polar surface area (TPSA) is 77.3 Å². The zero-order chi connectivity index (χ0) is 20.5. The van der Waals surface area contributed by atoms with Crippen molar-refractivity contribution >= 4 is 17.3 Å². The van der Waals surface area contributed by atoms with E-state index in [4.69, 9.17) is 5.26 Å². The molecule has 1 aromatic rings. The lowest BCUT2D eigenvalue weighted by atomic mass is 9.88. The van der Waals surface area contributed by atoms with Crippen LogP contribution < -0.4 is 10.7 Å². The molecular weight excluding hydrogens is 378 g/mol. The smallest absolute Gasteiger partial charge is 0.324 e. The standard InChI is InChI=1S/C16H14F6N4O/c1-2-5-14(7-12(25-26-14)16(20,21)22)13(27)24-10-4-3-9(8-23)11(6-10)15(17,18)19/h3-4,6,26H,2,5,7H2,1H3,(H,24,27). The minimum atomic E-state index is -4.83. The lowest BCUT2D eigenvalue weighted by molar-refractivity contribution is -0.137. The van der Waals surface area contributed by atoms with E-state index in [-0.39, 0.29) is 12.1 Å². The maximum absolute atomic E-state index is 13.0. The highest BCUT2D eigenvalue weighted by molar-refractivity contribution is 6.04. The van der Waals surface area contributed by atoms with Crippen molar-refractivity contribution in [1.82, 2.24) is 5.43 Å². The van der Waals surface area contributed by atoms with Gasteiger partial charge >= 0.3 is 12.4 Å². The summed E-state index contributed by atoms with van der Waals surface area (Å²) >= 11 is 0. The van der Waals surface area contributed by atoms with Crippen molar-refractivity contribution < 1.29 is 31.1 Å². The molecule has 1 amide bonds. The van der Waals surface area contributed by atoms with Crippen molar-refractivity contribution in [3.05, 3.63) is 29.3 Å². The van der Waals surface area contributed by atoms with Crippen LogP contribution in [0.25, 0.3) is 0 Å². The number of nitrogens with zero attached hydrogens (tertiary/aromatic N) is 2. The summed E-state index contributed by atoms with van der Waals surface area (Å²) in [4.78, 5) is 12.6. The predicted octanol–water partition coefficient (Wildman–Crippen LogP) is 3.97. The minimum Gasteiger partial charge on any atom is -0.324 e. The summed E-state index contributed by atoms with van der Waals surface area (Å²) in [6.07, 6.45) is -9.96. The van der Waals surface area contributed by atoms with Crippen molar-refractivity contribution in [2.24, 2.45) is 5.10 Å². The number of hydrogen-bond acceptors (Lipinski definition) is 4. The Labute approximate surface area is 150 Å². The number of carbonyl (C=O) groups is 1. The van der Waals surface area contributed by atoms with E-state index in [1.807, 2.05) is 0 Å². The average Bonchev–Trinajstić information content (AvgIpc) is 3.00. The van der Waals surface area contributed by atoms with Gasteiger partial charge in [-0.2, -0.15) is 36.7 Å². The van der Waals surface area contributed by atoms with Crippen molar-refractivity contribution in [3.8, 4) is 6.07 Å². The van der Waals surface area contributed by atoms with E-state index >= 15 is 0 Å². The van der Waals surface area contributed by atoms with E-state index in [1.165, 1.54) is 6.07 Å². The molecule has 2 rings (SSSR count). The number of carbonyl (C=O) groups excluding carboxylic acids is 1. The number of hydrogen-bond donors (Lipinski definition) is 2. The number of rotatable bonds is 4. The number of anilines is 1. The predicted molar refractivity (Wildman–Crippen MR) is 83.7 cm³/mol. The molecule has 11 heteroatoms. The van der Waals surface area contributed by atoms with E-state index < -0.39 is 47.1 Å². The second-order valence-electron chi connectivity index (χ2n) is 6.00. The molecule has 0 fully saturated rings. The van der Waals surface area contributed by atoms with Crippen LogP contribution in [-0.4, -0.2) is 23.3 Å². The molecule has 2 N–H and O–H groups in total. The maximum atomic E-state index is 13.0. The number of alkyl halides is 6. The van der Waals surface area contributed by atoms with Gasteiger partial charge in [0.15, 0.2) is 0 Å². The Morgan fingerprint density at radius 2 is 1.96 bits per heavy atom. The fourth-order valence-electron chi connectivity index (χ4n) is 2.72. The highest BCUT2D eigenvalue weighted by Gasteiger charge is 2.50. The van der Waals surface area contributed by atoms with E-state index in [0.717, 1.165) is 12.1 Å². The number of amides is 1. The van der Waals surface area contributed by atoms with Crippen LogP contribution in [0.2, 0.25) is 0 Å². The highest BCUT2D eigenvalue weighted by atomic mass is 19.4. The van der Waals surface area contributed by atoms with Crippen LogP contribution in [0.15, 0.2) is 23.3 Å². The Morgan fingerprint density at radius 1 is 1.30 bits per heavy atom. The zero-order valence-electron chi connectivity index (χ0n) is 13.9. The van der Waals surface area contributed by atoms with Gasteiger partial charge in [0.2, 0.25) is 0 Å². The number of nitriles is 1. The molecule has 5 nitrogen and oxygen atoms in total. The van der Waals surface area contributed by atoms with Crippen LogP contribution in [0.1, 0.15) is 37.3 Å². The molecule has 0 saturated carbocycles. The van der Waals surface area contributed by atoms with Gasteiger partial charge in [-0.25, -0.2) is 0 Å². The summed E-state index contributed by atoms with van der Waals surface area (Å²) in [6.45, 7) is 1.64. The van der Waals surface area contributed by atoms with Gasteiger partial charge in [-0.1, -0.05) is 13.3 Å². The van der Waals surface area contributed by atoms with Crippen LogP contribution in [-0.2, 0) is 11.0 Å². The van der Waals surface area contributed by atoms with Gasteiger partial charge in [-0.3, -0.25) is 10.2 Å². The van der Waals surface area contributed by atoms with Crippen LogP contribution in [0.5, 0.6) is 0 Å². The second kappa shape index (κ2) is 7.09. The third kappa shape index (κ3) is 4.32. The van der Waals surface area contributed by atoms with E-state index in [2.05, 4.69) is 15.8 Å². The molecule has 0 radical (unpaired) electrons. The summed E-state index contributed by atoms with van der Waals surface area (Å²) in [5.41, 5.74) is -2.86. The third-order valence-electron chi connectivity index (χ3n) is 4.02. The zero-order valence-corrected chi connectivity index (χ0v) is 13.9. The molecule has 1 heterocycles. The van der Waals surface area contributed by atoms with Gasteiger partial charge in [0.1, 0.15) is 11.3 Å². The number of hydrazone groups is 1. The largest absolute Gasteiger partial charge is 0.431 e. The number of nitrogens with one attached hydrogen (secondary N) is 2. The fourth-order valence-corrected chi connectivity index (χ4v) is 2.72. The summed E-state index contributed by atoms with van der Waals surface area (Å²) in [7, 11) is 0. The first-order valence-electron chi connectivity index (χ1n) is 7.76. The summed E-state index contributed by atoms with van der Waals surface area (Å²) < 4.78 is 77.6. The lowest BCUT2D eigenvalue weighted by Crippen LogP contribution is -2.51. The van der Waals surface area contributed by atoms with Crippen molar-refractivity contribution in [1.29, 1.82) is 5.26 Å². The molecule has 1 aliphatic heterocycles. The molecule has 27 heavy (non-hydrogen) atoms. The summed E-state index contributed by atoms with van der Waals surface area (Å²) in [6, 6.07) is 3.92.